The first-order valence-corrected chi connectivity index (χ1v) is 6.38. The molecule has 19 heavy (non-hydrogen) atoms. The molecule has 1 heterocycles. The number of hydrogen-bond donors (Lipinski definition) is 3. The fourth-order valence-corrected chi connectivity index (χ4v) is 2.36. The third-order valence-electron chi connectivity index (χ3n) is 3.53. The smallest absolute Gasteiger partial charge is 0.250 e. The van der Waals surface area contributed by atoms with E-state index in [0.29, 0.717) is 17.4 Å². The van der Waals surface area contributed by atoms with Crippen LogP contribution in [-0.4, -0.2) is 22.8 Å². The minimum Gasteiger partial charge on any atom is -0.369 e. The Hall–Kier alpha value is -2.11. The van der Waals surface area contributed by atoms with E-state index in [9.17, 15) is 9.59 Å². The summed E-state index contributed by atoms with van der Waals surface area (Å²) in [6, 6.07) is 3.68. The highest BCUT2D eigenvalue weighted by Gasteiger charge is 2.24. The molecule has 1 aliphatic rings. The van der Waals surface area contributed by atoms with Crippen molar-refractivity contribution in [3.05, 3.63) is 23.9 Å². The largest absolute Gasteiger partial charge is 0.369 e. The van der Waals surface area contributed by atoms with Crippen LogP contribution in [0, 0.1) is 5.92 Å². The number of anilines is 1. The summed E-state index contributed by atoms with van der Waals surface area (Å²) >= 11 is 0. The summed E-state index contributed by atoms with van der Waals surface area (Å²) in [7, 11) is 0. The van der Waals surface area contributed by atoms with Gasteiger partial charge in [-0.3, -0.25) is 9.59 Å². The molecule has 2 amide bonds. The van der Waals surface area contributed by atoms with Crippen molar-refractivity contribution in [2.75, 3.05) is 5.32 Å². The van der Waals surface area contributed by atoms with Crippen LogP contribution in [0.25, 0.3) is 0 Å². The predicted octanol–water partition coefficient (Wildman–Crippen LogP) is 0.636. The number of primary amides is 2. The molecule has 5 N–H and O–H groups in total. The Balaban J connectivity index is 1.88. The summed E-state index contributed by atoms with van der Waals surface area (Å²) < 4.78 is 0. The van der Waals surface area contributed by atoms with Crippen molar-refractivity contribution in [2.24, 2.45) is 17.4 Å². The van der Waals surface area contributed by atoms with E-state index in [1.54, 1.807) is 12.1 Å². The molecule has 6 heteroatoms. The molecule has 0 saturated heterocycles. The molecule has 0 unspecified atom stereocenters. The Morgan fingerprint density at radius 1 is 1.16 bits per heavy atom. The van der Waals surface area contributed by atoms with Gasteiger partial charge in [0.15, 0.2) is 0 Å². The topological polar surface area (TPSA) is 111 Å². The van der Waals surface area contributed by atoms with E-state index in [-0.39, 0.29) is 11.8 Å². The van der Waals surface area contributed by atoms with E-state index in [1.165, 1.54) is 6.20 Å². The second-order valence-electron chi connectivity index (χ2n) is 4.89. The maximum atomic E-state index is 11.1. The number of amides is 2. The molecule has 0 aliphatic heterocycles. The maximum Gasteiger partial charge on any atom is 0.250 e. The first kappa shape index (κ1) is 13.3. The summed E-state index contributed by atoms with van der Waals surface area (Å²) in [5.41, 5.74) is 10.8. The summed E-state index contributed by atoms with van der Waals surface area (Å²) in [6.45, 7) is 0. The molecule has 0 spiro atoms. The van der Waals surface area contributed by atoms with Crippen molar-refractivity contribution in [3.8, 4) is 0 Å². The highest BCUT2D eigenvalue weighted by molar-refractivity contribution is 5.92. The number of carbonyl (C=O) groups excluding carboxylic acids is 2. The molecule has 0 atom stereocenters. The third kappa shape index (κ3) is 3.43. The zero-order chi connectivity index (χ0) is 13.8. The van der Waals surface area contributed by atoms with Crippen molar-refractivity contribution in [2.45, 2.75) is 31.7 Å². The van der Waals surface area contributed by atoms with Crippen LogP contribution in [0.4, 0.5) is 5.82 Å². The van der Waals surface area contributed by atoms with E-state index >= 15 is 0 Å². The number of aromatic nitrogens is 1. The highest BCUT2D eigenvalue weighted by atomic mass is 16.1. The summed E-state index contributed by atoms with van der Waals surface area (Å²) in [4.78, 5) is 26.1. The zero-order valence-corrected chi connectivity index (χ0v) is 10.6. The Bertz CT molecular complexity index is 464. The van der Waals surface area contributed by atoms with Gasteiger partial charge in [-0.25, -0.2) is 4.98 Å². The van der Waals surface area contributed by atoms with Crippen LogP contribution in [-0.2, 0) is 4.79 Å². The summed E-state index contributed by atoms with van der Waals surface area (Å²) in [5, 5.41) is 3.29. The molecule has 0 aromatic carbocycles. The van der Waals surface area contributed by atoms with Crippen LogP contribution < -0.4 is 16.8 Å². The standard InChI is InChI=1S/C13H18N4O2/c14-12(18)8-1-4-10(5-2-8)17-11-6-3-9(7-16-11)13(15)19/h3,6-8,10H,1-2,4-5H2,(H2,14,18)(H2,15,19)(H,16,17). The Kier molecular flexibility index (Phi) is 3.99. The van der Waals surface area contributed by atoms with E-state index in [2.05, 4.69) is 10.3 Å². The zero-order valence-electron chi connectivity index (χ0n) is 10.6. The molecule has 1 saturated carbocycles. The van der Waals surface area contributed by atoms with Crippen LogP contribution >= 0.6 is 0 Å². The van der Waals surface area contributed by atoms with Gasteiger partial charge in [0.1, 0.15) is 5.82 Å². The van der Waals surface area contributed by atoms with Crippen molar-refractivity contribution in [3.63, 3.8) is 0 Å². The average Bonchev–Trinajstić information content (AvgIpc) is 2.40. The normalized spacial score (nSPS) is 22.7. The summed E-state index contributed by atoms with van der Waals surface area (Å²) in [6.07, 6.45) is 4.87. The van der Waals surface area contributed by atoms with Gasteiger partial charge >= 0.3 is 0 Å². The van der Waals surface area contributed by atoms with Gasteiger partial charge in [0.05, 0.1) is 5.56 Å². The van der Waals surface area contributed by atoms with Crippen molar-refractivity contribution < 1.29 is 9.59 Å². The van der Waals surface area contributed by atoms with Crippen molar-refractivity contribution in [1.82, 2.24) is 4.98 Å². The molecular formula is C13H18N4O2. The number of carbonyl (C=O) groups is 2. The van der Waals surface area contributed by atoms with Crippen LogP contribution in [0.15, 0.2) is 18.3 Å². The number of rotatable bonds is 4. The molecule has 0 radical (unpaired) electrons. The van der Waals surface area contributed by atoms with Crippen molar-refractivity contribution in [1.29, 1.82) is 0 Å². The quantitative estimate of drug-likeness (QED) is 0.739. The molecule has 1 fully saturated rings. The van der Waals surface area contributed by atoms with Crippen LogP contribution in [0.1, 0.15) is 36.0 Å². The fourth-order valence-electron chi connectivity index (χ4n) is 2.36. The summed E-state index contributed by atoms with van der Waals surface area (Å²) in [5.74, 6) is 0.0270. The average molecular weight is 262 g/mol. The molecule has 1 aliphatic carbocycles. The number of nitrogens with one attached hydrogen (secondary N) is 1. The van der Waals surface area contributed by atoms with Crippen molar-refractivity contribution >= 4 is 17.6 Å². The Morgan fingerprint density at radius 2 is 1.84 bits per heavy atom. The number of pyridine rings is 1. The van der Waals surface area contributed by atoms with Gasteiger partial charge in [-0.2, -0.15) is 0 Å². The van der Waals surface area contributed by atoms with Gasteiger partial charge in [0.25, 0.3) is 0 Å². The fraction of sp³-hybridized carbons (Fsp3) is 0.462. The molecule has 1 aromatic rings. The number of nitrogens with zero attached hydrogens (tertiary/aromatic N) is 1. The van der Waals surface area contributed by atoms with Crippen LogP contribution in [0.3, 0.4) is 0 Å². The minimum atomic E-state index is -0.485. The second kappa shape index (κ2) is 5.69. The van der Waals surface area contributed by atoms with E-state index < -0.39 is 5.91 Å². The Labute approximate surface area is 111 Å². The van der Waals surface area contributed by atoms with Gasteiger partial charge in [0.2, 0.25) is 11.8 Å². The lowest BCUT2D eigenvalue weighted by Gasteiger charge is -2.27. The van der Waals surface area contributed by atoms with Gasteiger partial charge in [-0.05, 0) is 37.8 Å². The first-order valence-electron chi connectivity index (χ1n) is 6.38. The Morgan fingerprint density at radius 3 is 2.32 bits per heavy atom. The second-order valence-corrected chi connectivity index (χ2v) is 4.89. The van der Waals surface area contributed by atoms with E-state index in [0.717, 1.165) is 25.7 Å². The van der Waals surface area contributed by atoms with Gasteiger partial charge in [0, 0.05) is 18.2 Å². The monoisotopic (exact) mass is 262 g/mol. The van der Waals surface area contributed by atoms with Crippen LogP contribution in [0.2, 0.25) is 0 Å². The molecule has 2 rings (SSSR count). The minimum absolute atomic E-state index is 0.00301. The molecule has 6 nitrogen and oxygen atoms in total. The highest BCUT2D eigenvalue weighted by Crippen LogP contribution is 2.25. The molecule has 102 valence electrons. The molecular weight excluding hydrogens is 244 g/mol. The van der Waals surface area contributed by atoms with Gasteiger partial charge in [-0.15, -0.1) is 0 Å². The van der Waals surface area contributed by atoms with Gasteiger partial charge in [-0.1, -0.05) is 0 Å². The lowest BCUT2D eigenvalue weighted by atomic mass is 9.85. The third-order valence-corrected chi connectivity index (χ3v) is 3.53. The van der Waals surface area contributed by atoms with Crippen LogP contribution in [0.5, 0.6) is 0 Å². The number of hydrogen-bond acceptors (Lipinski definition) is 4. The van der Waals surface area contributed by atoms with E-state index in [4.69, 9.17) is 11.5 Å². The lowest BCUT2D eigenvalue weighted by molar-refractivity contribution is -0.122. The SMILES string of the molecule is NC(=O)c1ccc(NC2CCC(C(N)=O)CC2)nc1. The molecule has 0 bridgehead atoms. The molecule has 1 aromatic heterocycles. The van der Waals surface area contributed by atoms with Gasteiger partial charge < -0.3 is 16.8 Å². The predicted molar refractivity (Wildman–Crippen MR) is 71.3 cm³/mol. The lowest BCUT2D eigenvalue weighted by Crippen LogP contribution is -2.32. The maximum absolute atomic E-state index is 11.1. The van der Waals surface area contributed by atoms with E-state index in [1.807, 2.05) is 0 Å². The first-order chi connectivity index (χ1) is 9.06. The number of nitrogens with two attached hydrogens (primary N) is 2.